The molecule has 0 bridgehead atoms. The quantitative estimate of drug-likeness (QED) is 0.906. The fourth-order valence-corrected chi connectivity index (χ4v) is 3.78. The number of rotatable bonds is 5. The second-order valence-electron chi connectivity index (χ2n) is 6.55. The maximum absolute atomic E-state index is 4.76. The first-order valence-corrected chi connectivity index (χ1v) is 9.05. The van der Waals surface area contributed by atoms with E-state index in [9.17, 15) is 0 Å². The zero-order chi connectivity index (χ0) is 15.2. The highest BCUT2D eigenvalue weighted by molar-refractivity contribution is 5.49. The van der Waals surface area contributed by atoms with Crippen LogP contribution >= 0.6 is 0 Å². The first kappa shape index (κ1) is 15.8. The van der Waals surface area contributed by atoms with Crippen LogP contribution in [0.4, 0.5) is 5.82 Å². The number of piperidine rings is 1. The molecule has 1 aromatic rings. The highest BCUT2D eigenvalue weighted by Crippen LogP contribution is 2.35. The van der Waals surface area contributed by atoms with Gasteiger partial charge in [0, 0.05) is 44.0 Å². The van der Waals surface area contributed by atoms with Crippen LogP contribution in [0.2, 0.25) is 0 Å². The Balaban J connectivity index is 1.82. The Bertz CT molecular complexity index is 456. The molecule has 1 N–H and O–H groups in total. The first-order valence-electron chi connectivity index (χ1n) is 9.05. The summed E-state index contributed by atoms with van der Waals surface area (Å²) < 4.78 is 0. The van der Waals surface area contributed by atoms with E-state index in [2.05, 4.69) is 34.2 Å². The fraction of sp³-hybridized carbons (Fsp3) is 0.722. The lowest BCUT2D eigenvalue weighted by atomic mass is 9.94. The second-order valence-corrected chi connectivity index (χ2v) is 6.55. The Morgan fingerprint density at radius 1 is 1.23 bits per heavy atom. The van der Waals surface area contributed by atoms with Gasteiger partial charge in [-0.1, -0.05) is 25.8 Å². The van der Waals surface area contributed by atoms with Gasteiger partial charge >= 0.3 is 0 Å². The standard InChI is InChI=1S/C18H30N4/c1-2-3-12-21-13-5-4-8-17(21)16-7-6-9-20-18(16)22-14-10-19-11-15-22/h6-7,9,17,19H,2-5,8,10-15H2,1H3/t17-/m0/s1. The molecule has 2 saturated heterocycles. The van der Waals surface area contributed by atoms with Crippen LogP contribution in [0.15, 0.2) is 18.3 Å². The molecule has 2 aliphatic heterocycles. The van der Waals surface area contributed by atoms with Crippen molar-refractivity contribution >= 4 is 5.82 Å². The lowest BCUT2D eigenvalue weighted by molar-refractivity contribution is 0.146. The number of nitrogens with zero attached hydrogens (tertiary/aromatic N) is 3. The van der Waals surface area contributed by atoms with E-state index in [-0.39, 0.29) is 0 Å². The Kier molecular flexibility index (Phi) is 5.68. The molecule has 3 heterocycles. The van der Waals surface area contributed by atoms with Crippen molar-refractivity contribution < 1.29 is 0 Å². The smallest absolute Gasteiger partial charge is 0.133 e. The number of nitrogens with one attached hydrogen (secondary N) is 1. The van der Waals surface area contributed by atoms with Gasteiger partial charge in [0.05, 0.1) is 0 Å². The van der Waals surface area contributed by atoms with E-state index in [1.165, 1.54) is 56.6 Å². The number of anilines is 1. The van der Waals surface area contributed by atoms with Gasteiger partial charge in [0.1, 0.15) is 5.82 Å². The third-order valence-electron chi connectivity index (χ3n) is 5.00. The van der Waals surface area contributed by atoms with E-state index in [0.29, 0.717) is 6.04 Å². The molecule has 0 radical (unpaired) electrons. The third-order valence-corrected chi connectivity index (χ3v) is 5.00. The Morgan fingerprint density at radius 2 is 2.09 bits per heavy atom. The zero-order valence-electron chi connectivity index (χ0n) is 13.9. The minimum atomic E-state index is 0.568. The highest BCUT2D eigenvalue weighted by Gasteiger charge is 2.27. The van der Waals surface area contributed by atoms with E-state index in [4.69, 9.17) is 4.98 Å². The predicted octanol–water partition coefficient (Wildman–Crippen LogP) is 2.82. The van der Waals surface area contributed by atoms with Gasteiger partial charge in [-0.05, 0) is 38.4 Å². The van der Waals surface area contributed by atoms with E-state index < -0.39 is 0 Å². The molecule has 3 rings (SSSR count). The maximum atomic E-state index is 4.76. The summed E-state index contributed by atoms with van der Waals surface area (Å²) >= 11 is 0. The molecule has 4 nitrogen and oxygen atoms in total. The number of unbranched alkanes of at least 4 members (excludes halogenated alkanes) is 1. The van der Waals surface area contributed by atoms with Gasteiger partial charge in [-0.15, -0.1) is 0 Å². The molecule has 122 valence electrons. The van der Waals surface area contributed by atoms with E-state index in [1.807, 2.05) is 6.20 Å². The van der Waals surface area contributed by atoms with Crippen LogP contribution in [0.3, 0.4) is 0 Å². The SMILES string of the molecule is CCCCN1CCCC[C@H]1c1cccnc1N1CCNCC1. The summed E-state index contributed by atoms with van der Waals surface area (Å²) in [7, 11) is 0. The molecule has 0 aromatic carbocycles. The number of likely N-dealkylation sites (tertiary alicyclic amines) is 1. The van der Waals surface area contributed by atoms with Gasteiger partial charge in [-0.25, -0.2) is 4.98 Å². The molecular formula is C18H30N4. The first-order chi connectivity index (χ1) is 10.9. The van der Waals surface area contributed by atoms with Crippen molar-refractivity contribution in [3.8, 4) is 0 Å². The zero-order valence-corrected chi connectivity index (χ0v) is 13.9. The van der Waals surface area contributed by atoms with Crippen LogP contribution in [0, 0.1) is 0 Å². The number of pyridine rings is 1. The highest BCUT2D eigenvalue weighted by atomic mass is 15.2. The van der Waals surface area contributed by atoms with Crippen LogP contribution in [-0.2, 0) is 0 Å². The summed E-state index contributed by atoms with van der Waals surface area (Å²) in [4.78, 5) is 9.94. The monoisotopic (exact) mass is 302 g/mol. The van der Waals surface area contributed by atoms with Gasteiger partial charge in [0.15, 0.2) is 0 Å². The molecule has 22 heavy (non-hydrogen) atoms. The molecule has 1 aromatic heterocycles. The fourth-order valence-electron chi connectivity index (χ4n) is 3.78. The minimum absolute atomic E-state index is 0.568. The summed E-state index contributed by atoms with van der Waals surface area (Å²) in [6, 6.07) is 5.01. The topological polar surface area (TPSA) is 31.4 Å². The largest absolute Gasteiger partial charge is 0.354 e. The Labute approximate surface area is 134 Å². The van der Waals surface area contributed by atoms with Gasteiger partial charge in [0.25, 0.3) is 0 Å². The van der Waals surface area contributed by atoms with Gasteiger partial charge in [-0.2, -0.15) is 0 Å². The Hall–Kier alpha value is -1.13. The van der Waals surface area contributed by atoms with E-state index in [1.54, 1.807) is 0 Å². The normalized spacial score (nSPS) is 23.7. The van der Waals surface area contributed by atoms with Crippen molar-refractivity contribution in [2.75, 3.05) is 44.2 Å². The van der Waals surface area contributed by atoms with Crippen LogP contribution in [-0.4, -0.2) is 49.2 Å². The molecule has 4 heteroatoms. The molecule has 0 saturated carbocycles. The average molecular weight is 302 g/mol. The summed E-state index contributed by atoms with van der Waals surface area (Å²) in [5.41, 5.74) is 1.46. The molecule has 0 spiro atoms. The number of piperazine rings is 1. The van der Waals surface area contributed by atoms with Crippen LogP contribution in [0.1, 0.15) is 50.6 Å². The van der Waals surface area contributed by atoms with Crippen LogP contribution in [0.5, 0.6) is 0 Å². The van der Waals surface area contributed by atoms with Crippen LogP contribution in [0.25, 0.3) is 0 Å². The van der Waals surface area contributed by atoms with Crippen molar-refractivity contribution in [3.63, 3.8) is 0 Å². The maximum Gasteiger partial charge on any atom is 0.133 e. The summed E-state index contributed by atoms with van der Waals surface area (Å²) in [6.07, 6.45) is 8.53. The van der Waals surface area contributed by atoms with Crippen LogP contribution < -0.4 is 10.2 Å². The third kappa shape index (κ3) is 3.61. The van der Waals surface area contributed by atoms with E-state index >= 15 is 0 Å². The van der Waals surface area contributed by atoms with Gasteiger partial charge < -0.3 is 10.2 Å². The van der Waals surface area contributed by atoms with Gasteiger partial charge in [-0.3, -0.25) is 4.90 Å². The van der Waals surface area contributed by atoms with E-state index in [0.717, 1.165) is 26.2 Å². The molecule has 1 atom stereocenters. The molecular weight excluding hydrogens is 272 g/mol. The average Bonchev–Trinajstić information content (AvgIpc) is 2.61. The molecule has 0 aliphatic carbocycles. The second kappa shape index (κ2) is 7.93. The molecule has 2 fully saturated rings. The van der Waals surface area contributed by atoms with Crippen molar-refractivity contribution in [1.29, 1.82) is 0 Å². The Morgan fingerprint density at radius 3 is 2.91 bits per heavy atom. The summed E-state index contributed by atoms with van der Waals surface area (Å²) in [6.45, 7) is 9.06. The summed E-state index contributed by atoms with van der Waals surface area (Å²) in [5.74, 6) is 1.23. The number of hydrogen-bond acceptors (Lipinski definition) is 4. The number of hydrogen-bond donors (Lipinski definition) is 1. The van der Waals surface area contributed by atoms with Gasteiger partial charge in [0.2, 0.25) is 0 Å². The van der Waals surface area contributed by atoms with Crippen molar-refractivity contribution in [3.05, 3.63) is 23.9 Å². The lowest BCUT2D eigenvalue weighted by Crippen LogP contribution is -2.45. The summed E-state index contributed by atoms with van der Waals surface area (Å²) in [5, 5.41) is 3.44. The molecule has 0 amide bonds. The molecule has 2 aliphatic rings. The lowest BCUT2D eigenvalue weighted by Gasteiger charge is -2.38. The number of aromatic nitrogens is 1. The van der Waals surface area contributed by atoms with Crippen molar-refractivity contribution in [1.82, 2.24) is 15.2 Å². The minimum Gasteiger partial charge on any atom is -0.354 e. The van der Waals surface area contributed by atoms with Crippen molar-refractivity contribution in [2.45, 2.75) is 45.1 Å². The molecule has 0 unspecified atom stereocenters. The predicted molar refractivity (Wildman–Crippen MR) is 92.4 cm³/mol. The van der Waals surface area contributed by atoms with Crippen molar-refractivity contribution in [2.24, 2.45) is 0 Å².